The Kier molecular flexibility index (Phi) is 5.32. The lowest BCUT2D eigenvalue weighted by atomic mass is 9.33. The van der Waals surface area contributed by atoms with Gasteiger partial charge in [0.05, 0.1) is 17.3 Å². The molecule has 0 saturated heterocycles. The average molecular weight is 576 g/mol. The van der Waals surface area contributed by atoms with Crippen LogP contribution in [0.4, 0.5) is 28.4 Å². The lowest BCUT2D eigenvalue weighted by Gasteiger charge is -2.48. The highest BCUT2D eigenvalue weighted by Gasteiger charge is 2.47. The molecule has 3 aliphatic heterocycles. The first kappa shape index (κ1) is 25.9. The Morgan fingerprint density at radius 2 is 1.40 bits per heavy atom. The SMILES string of the molecule is Cc1ccccc1-c1cccc2c1Nc1cc(-c3ccc(C#N)cc3)cc3c1B2c1cccc2c1N3c1ccccc1C2(C)C. The number of hydrogen-bond donors (Lipinski definition) is 1. The lowest BCUT2D eigenvalue weighted by molar-refractivity contribution is 0.632. The van der Waals surface area contributed by atoms with E-state index in [0.717, 1.165) is 16.8 Å². The fourth-order valence-corrected chi connectivity index (χ4v) is 8.06. The molecule has 9 rings (SSSR count). The van der Waals surface area contributed by atoms with Crippen LogP contribution in [0.1, 0.15) is 36.1 Å². The van der Waals surface area contributed by atoms with Gasteiger partial charge in [-0.1, -0.05) is 105 Å². The monoisotopic (exact) mass is 575 g/mol. The van der Waals surface area contributed by atoms with Crippen LogP contribution in [-0.2, 0) is 5.41 Å². The van der Waals surface area contributed by atoms with Crippen molar-refractivity contribution < 1.29 is 0 Å². The Labute approximate surface area is 264 Å². The molecule has 0 saturated carbocycles. The smallest absolute Gasteiger partial charge is 0.252 e. The summed E-state index contributed by atoms with van der Waals surface area (Å²) in [4.78, 5) is 2.52. The molecule has 0 fully saturated rings. The summed E-state index contributed by atoms with van der Waals surface area (Å²) in [5, 5.41) is 13.4. The summed E-state index contributed by atoms with van der Waals surface area (Å²) in [6, 6.07) is 46.1. The molecule has 0 aliphatic carbocycles. The molecule has 3 aliphatic rings. The predicted octanol–water partition coefficient (Wildman–Crippen LogP) is 8.20. The van der Waals surface area contributed by atoms with Gasteiger partial charge in [0.15, 0.2) is 0 Å². The summed E-state index contributed by atoms with van der Waals surface area (Å²) in [7, 11) is 0. The van der Waals surface area contributed by atoms with E-state index in [1.165, 1.54) is 67.0 Å². The van der Waals surface area contributed by atoms with Gasteiger partial charge in [0.2, 0.25) is 0 Å². The third kappa shape index (κ3) is 3.53. The molecule has 0 atom stereocenters. The minimum atomic E-state index is -0.151. The molecule has 1 N–H and O–H groups in total. The fraction of sp³-hybridized carbons (Fsp3) is 0.0976. The molecular weight excluding hydrogens is 545 g/mol. The number of aryl methyl sites for hydroxylation is 1. The van der Waals surface area contributed by atoms with Crippen molar-refractivity contribution in [2.75, 3.05) is 10.2 Å². The van der Waals surface area contributed by atoms with Crippen LogP contribution in [0.2, 0.25) is 0 Å². The molecule has 6 aromatic rings. The average Bonchev–Trinajstić information content (AvgIpc) is 3.07. The van der Waals surface area contributed by atoms with Gasteiger partial charge in [0.25, 0.3) is 6.71 Å². The van der Waals surface area contributed by atoms with E-state index in [2.05, 4.69) is 146 Å². The zero-order valence-electron chi connectivity index (χ0n) is 25.5. The van der Waals surface area contributed by atoms with Crippen LogP contribution in [-0.4, -0.2) is 6.71 Å². The second-order valence-electron chi connectivity index (χ2n) is 13.0. The highest BCUT2D eigenvalue weighted by atomic mass is 15.2. The van der Waals surface area contributed by atoms with E-state index in [1.54, 1.807) is 0 Å². The highest BCUT2D eigenvalue weighted by Crippen LogP contribution is 2.53. The first-order valence-electron chi connectivity index (χ1n) is 15.6. The molecule has 0 aromatic heterocycles. The molecule has 3 nitrogen and oxygen atoms in total. The van der Waals surface area contributed by atoms with Gasteiger partial charge >= 0.3 is 0 Å². The van der Waals surface area contributed by atoms with Crippen molar-refractivity contribution in [3.05, 3.63) is 144 Å². The van der Waals surface area contributed by atoms with E-state index in [1.807, 2.05) is 12.1 Å². The predicted molar refractivity (Wildman–Crippen MR) is 188 cm³/mol. The first-order chi connectivity index (χ1) is 22.0. The summed E-state index contributed by atoms with van der Waals surface area (Å²) in [6.07, 6.45) is 0. The quantitative estimate of drug-likeness (QED) is 0.211. The number of nitrogens with zero attached hydrogens (tertiary/aromatic N) is 2. The lowest BCUT2D eigenvalue weighted by Crippen LogP contribution is -2.61. The van der Waals surface area contributed by atoms with Crippen LogP contribution < -0.4 is 26.6 Å². The number of benzene rings is 6. The molecule has 4 heteroatoms. The number of nitrogens with one attached hydrogen (secondary N) is 1. The van der Waals surface area contributed by atoms with Crippen molar-refractivity contribution in [1.29, 1.82) is 5.26 Å². The largest absolute Gasteiger partial charge is 0.356 e. The zero-order chi connectivity index (χ0) is 30.4. The van der Waals surface area contributed by atoms with E-state index in [0.29, 0.717) is 5.56 Å². The molecule has 0 radical (unpaired) electrons. The number of hydrogen-bond acceptors (Lipinski definition) is 3. The van der Waals surface area contributed by atoms with E-state index in [4.69, 9.17) is 0 Å². The van der Waals surface area contributed by atoms with Crippen LogP contribution in [0.15, 0.2) is 121 Å². The van der Waals surface area contributed by atoms with Crippen LogP contribution in [0, 0.1) is 18.3 Å². The van der Waals surface area contributed by atoms with Gasteiger partial charge in [-0.2, -0.15) is 5.26 Å². The van der Waals surface area contributed by atoms with E-state index >= 15 is 0 Å². The topological polar surface area (TPSA) is 39.1 Å². The Morgan fingerprint density at radius 1 is 0.689 bits per heavy atom. The minimum absolute atomic E-state index is 0.0810. The molecule has 3 heterocycles. The Balaban J connectivity index is 1.38. The fourth-order valence-electron chi connectivity index (χ4n) is 8.06. The van der Waals surface area contributed by atoms with Gasteiger partial charge in [0, 0.05) is 33.7 Å². The van der Waals surface area contributed by atoms with Gasteiger partial charge < -0.3 is 10.2 Å². The second-order valence-corrected chi connectivity index (χ2v) is 13.0. The van der Waals surface area contributed by atoms with Crippen LogP contribution in [0.3, 0.4) is 0 Å². The second kappa shape index (κ2) is 9.24. The number of rotatable bonds is 2. The molecule has 0 spiro atoms. The summed E-state index contributed by atoms with van der Waals surface area (Å²) < 4.78 is 0. The van der Waals surface area contributed by atoms with Crippen LogP contribution in [0.25, 0.3) is 22.3 Å². The van der Waals surface area contributed by atoms with Crippen LogP contribution in [0.5, 0.6) is 0 Å². The highest BCUT2D eigenvalue weighted by molar-refractivity contribution is 7.00. The molecule has 45 heavy (non-hydrogen) atoms. The number of nitriles is 1. The first-order valence-corrected chi connectivity index (χ1v) is 15.6. The molecule has 0 bridgehead atoms. The van der Waals surface area contributed by atoms with Crippen LogP contribution >= 0.6 is 0 Å². The van der Waals surface area contributed by atoms with Gasteiger partial charge in [-0.3, -0.25) is 0 Å². The Morgan fingerprint density at radius 3 is 2.22 bits per heavy atom. The van der Waals surface area contributed by atoms with E-state index in [9.17, 15) is 5.26 Å². The van der Waals surface area contributed by atoms with Crippen molar-refractivity contribution in [3.8, 4) is 28.3 Å². The van der Waals surface area contributed by atoms with E-state index in [-0.39, 0.29) is 12.1 Å². The van der Waals surface area contributed by atoms with Gasteiger partial charge in [-0.25, -0.2) is 0 Å². The third-order valence-electron chi connectivity index (χ3n) is 10.2. The van der Waals surface area contributed by atoms with Crippen molar-refractivity contribution in [1.82, 2.24) is 0 Å². The standard InChI is InChI=1S/C41H30BN3/c1-25-10-4-5-11-29(25)30-12-8-15-33-39(30)44-35-22-28(27-20-18-26(24-43)19-21-27)23-37-38(35)42(33)34-16-9-14-32-40(34)45(37)36-17-7-6-13-31(36)41(32,2)3/h4-23,44H,1-3H3. The molecule has 212 valence electrons. The number of para-hydroxylation sites is 3. The molecule has 0 unspecified atom stereocenters. The van der Waals surface area contributed by atoms with Crippen molar-refractivity contribution in [3.63, 3.8) is 0 Å². The maximum absolute atomic E-state index is 9.47. The molecular formula is C41H30BN3. The Hall–Kier alpha value is -5.53. The number of anilines is 5. The van der Waals surface area contributed by atoms with Gasteiger partial charge in [-0.05, 0) is 87.0 Å². The van der Waals surface area contributed by atoms with E-state index < -0.39 is 0 Å². The van der Waals surface area contributed by atoms with Crippen molar-refractivity contribution in [2.45, 2.75) is 26.2 Å². The minimum Gasteiger partial charge on any atom is -0.356 e. The maximum Gasteiger partial charge on any atom is 0.252 e. The van der Waals surface area contributed by atoms with Crippen molar-refractivity contribution >= 4 is 51.5 Å². The summed E-state index contributed by atoms with van der Waals surface area (Å²) >= 11 is 0. The Bertz CT molecular complexity index is 2260. The zero-order valence-corrected chi connectivity index (χ0v) is 25.5. The summed E-state index contributed by atoms with van der Waals surface area (Å²) in [6.45, 7) is 7.00. The summed E-state index contributed by atoms with van der Waals surface area (Å²) in [5.41, 5.74) is 19.1. The maximum atomic E-state index is 9.47. The summed E-state index contributed by atoms with van der Waals surface area (Å²) in [5.74, 6) is 0. The third-order valence-corrected chi connectivity index (χ3v) is 10.2. The van der Waals surface area contributed by atoms with Gasteiger partial charge in [0.1, 0.15) is 0 Å². The molecule has 0 amide bonds. The molecule has 6 aromatic carbocycles. The number of fused-ring (bicyclic) bond motifs is 6. The van der Waals surface area contributed by atoms with Gasteiger partial charge in [-0.15, -0.1) is 0 Å². The normalized spacial score (nSPS) is 14.4. The van der Waals surface area contributed by atoms with Crippen molar-refractivity contribution in [2.24, 2.45) is 0 Å².